The van der Waals surface area contributed by atoms with Gasteiger partial charge in [0.05, 0.1) is 0 Å². The number of halogens is 4. The SMILES string of the molecule is CCCC1=NN(C(=O)c2ccc(C)c(Cl)c2)[C@](O)(C(F)(F)F)C1. The van der Waals surface area contributed by atoms with E-state index in [-0.39, 0.29) is 27.7 Å². The zero-order valence-corrected chi connectivity index (χ0v) is 13.4. The molecule has 0 radical (unpaired) electrons. The molecule has 1 aromatic rings. The highest BCUT2D eigenvalue weighted by atomic mass is 35.5. The Kier molecular flexibility index (Phi) is 4.73. The van der Waals surface area contributed by atoms with Crippen molar-refractivity contribution in [2.75, 3.05) is 0 Å². The van der Waals surface area contributed by atoms with Crippen LogP contribution in [-0.2, 0) is 0 Å². The molecule has 1 amide bonds. The molecule has 0 fully saturated rings. The highest BCUT2D eigenvalue weighted by molar-refractivity contribution is 6.31. The molecule has 1 aromatic carbocycles. The van der Waals surface area contributed by atoms with E-state index in [0.29, 0.717) is 12.0 Å². The third-order valence-electron chi connectivity index (χ3n) is 3.65. The smallest absolute Gasteiger partial charge is 0.362 e. The third kappa shape index (κ3) is 3.21. The van der Waals surface area contributed by atoms with Gasteiger partial charge in [-0.05, 0) is 31.0 Å². The van der Waals surface area contributed by atoms with Gasteiger partial charge in [-0.15, -0.1) is 0 Å². The molecular weight excluding hydrogens is 333 g/mol. The molecular formula is C15H16ClF3N2O2. The first-order chi connectivity index (χ1) is 10.6. The Labute approximate surface area is 136 Å². The average molecular weight is 349 g/mol. The number of hydrogen-bond acceptors (Lipinski definition) is 3. The second kappa shape index (κ2) is 6.13. The summed E-state index contributed by atoms with van der Waals surface area (Å²) in [5.74, 6) is -1.04. The summed E-state index contributed by atoms with van der Waals surface area (Å²) >= 11 is 5.91. The number of rotatable bonds is 3. The standard InChI is InChI=1S/C15H16ClF3N2O2/c1-3-4-11-8-14(23,15(17,18)19)21(20-11)13(22)10-6-5-9(2)12(16)7-10/h5-7,23H,3-4,8H2,1-2H3/t14-/m1/s1. The van der Waals surface area contributed by atoms with Gasteiger partial charge in [0, 0.05) is 22.7 Å². The van der Waals surface area contributed by atoms with Crippen molar-refractivity contribution in [3.63, 3.8) is 0 Å². The van der Waals surface area contributed by atoms with E-state index in [4.69, 9.17) is 11.6 Å². The third-order valence-corrected chi connectivity index (χ3v) is 4.05. The van der Waals surface area contributed by atoms with Crippen LogP contribution in [-0.4, -0.2) is 33.6 Å². The molecule has 2 rings (SSSR count). The molecule has 0 saturated carbocycles. The van der Waals surface area contributed by atoms with E-state index in [1.807, 2.05) is 0 Å². The van der Waals surface area contributed by atoms with Crippen LogP contribution in [0.25, 0.3) is 0 Å². The van der Waals surface area contributed by atoms with Crippen molar-refractivity contribution in [1.82, 2.24) is 5.01 Å². The van der Waals surface area contributed by atoms with Gasteiger partial charge in [0.1, 0.15) is 0 Å². The lowest BCUT2D eigenvalue weighted by molar-refractivity contribution is -0.297. The first kappa shape index (κ1) is 17.7. The van der Waals surface area contributed by atoms with Gasteiger partial charge in [0.15, 0.2) is 0 Å². The molecule has 0 spiro atoms. The highest BCUT2D eigenvalue weighted by Crippen LogP contribution is 2.41. The Morgan fingerprint density at radius 1 is 1.48 bits per heavy atom. The number of carbonyl (C=O) groups excluding carboxylic acids is 1. The lowest BCUT2D eigenvalue weighted by Crippen LogP contribution is -2.56. The van der Waals surface area contributed by atoms with E-state index in [2.05, 4.69) is 5.10 Å². The van der Waals surface area contributed by atoms with E-state index in [9.17, 15) is 23.1 Å². The molecule has 8 heteroatoms. The summed E-state index contributed by atoms with van der Waals surface area (Å²) in [5, 5.41) is 14.2. The number of aryl methyl sites for hydroxylation is 1. The monoisotopic (exact) mass is 348 g/mol. The van der Waals surface area contributed by atoms with Crippen LogP contribution in [0.2, 0.25) is 5.02 Å². The molecule has 4 nitrogen and oxygen atoms in total. The molecule has 0 aromatic heterocycles. The molecule has 1 N–H and O–H groups in total. The van der Waals surface area contributed by atoms with Gasteiger partial charge in [0.25, 0.3) is 11.6 Å². The largest absolute Gasteiger partial charge is 0.438 e. The highest BCUT2D eigenvalue weighted by Gasteiger charge is 2.63. The Hall–Kier alpha value is -1.60. The van der Waals surface area contributed by atoms with Crippen LogP contribution in [0.5, 0.6) is 0 Å². The van der Waals surface area contributed by atoms with Gasteiger partial charge in [-0.1, -0.05) is 31.0 Å². The van der Waals surface area contributed by atoms with Gasteiger partial charge in [-0.2, -0.15) is 23.3 Å². The number of aliphatic hydroxyl groups is 1. The number of hydrogen-bond donors (Lipinski definition) is 1. The van der Waals surface area contributed by atoms with Gasteiger partial charge < -0.3 is 5.11 Å². The van der Waals surface area contributed by atoms with E-state index in [1.165, 1.54) is 18.2 Å². The molecule has 1 heterocycles. The topological polar surface area (TPSA) is 52.9 Å². The summed E-state index contributed by atoms with van der Waals surface area (Å²) in [6.07, 6.45) is -4.92. The second-order valence-electron chi connectivity index (χ2n) is 5.49. The molecule has 126 valence electrons. The first-order valence-corrected chi connectivity index (χ1v) is 7.44. The summed E-state index contributed by atoms with van der Waals surface area (Å²) in [4.78, 5) is 12.4. The minimum absolute atomic E-state index is 0.0650. The maximum absolute atomic E-state index is 13.3. The van der Waals surface area contributed by atoms with Crippen molar-refractivity contribution in [3.05, 3.63) is 34.3 Å². The first-order valence-electron chi connectivity index (χ1n) is 7.06. The zero-order valence-electron chi connectivity index (χ0n) is 12.6. The number of nitrogens with zero attached hydrogens (tertiary/aromatic N) is 2. The molecule has 1 aliphatic rings. The number of benzene rings is 1. The maximum Gasteiger partial charge on any atom is 0.438 e. The van der Waals surface area contributed by atoms with E-state index < -0.39 is 24.2 Å². The summed E-state index contributed by atoms with van der Waals surface area (Å²) in [6, 6.07) is 4.14. The van der Waals surface area contributed by atoms with Crippen LogP contribution in [0.3, 0.4) is 0 Å². The van der Waals surface area contributed by atoms with Gasteiger partial charge in [-0.3, -0.25) is 4.79 Å². The Balaban J connectivity index is 2.43. The van der Waals surface area contributed by atoms with Gasteiger partial charge in [0.2, 0.25) is 0 Å². The summed E-state index contributed by atoms with van der Waals surface area (Å²) < 4.78 is 39.9. The summed E-state index contributed by atoms with van der Waals surface area (Å²) in [7, 11) is 0. The molecule has 23 heavy (non-hydrogen) atoms. The van der Waals surface area contributed by atoms with Crippen molar-refractivity contribution >= 4 is 23.2 Å². The Bertz CT molecular complexity index is 661. The van der Waals surface area contributed by atoms with Crippen molar-refractivity contribution in [2.45, 2.75) is 45.0 Å². The van der Waals surface area contributed by atoms with Crippen LogP contribution in [0, 0.1) is 6.92 Å². The van der Waals surface area contributed by atoms with Crippen molar-refractivity contribution in [2.24, 2.45) is 5.10 Å². The number of alkyl halides is 3. The quantitative estimate of drug-likeness (QED) is 0.900. The Morgan fingerprint density at radius 2 is 2.13 bits per heavy atom. The fourth-order valence-corrected chi connectivity index (χ4v) is 2.51. The second-order valence-corrected chi connectivity index (χ2v) is 5.90. The summed E-state index contributed by atoms with van der Waals surface area (Å²) in [5.41, 5.74) is -2.57. The lowest BCUT2D eigenvalue weighted by Gasteiger charge is -2.32. The van der Waals surface area contributed by atoms with Gasteiger partial charge in [-0.25, -0.2) is 0 Å². The van der Waals surface area contributed by atoms with Crippen LogP contribution in [0.15, 0.2) is 23.3 Å². The van der Waals surface area contributed by atoms with Crippen molar-refractivity contribution < 1.29 is 23.1 Å². The predicted molar refractivity (Wildman–Crippen MR) is 80.3 cm³/mol. The van der Waals surface area contributed by atoms with Crippen LogP contribution in [0.4, 0.5) is 13.2 Å². The molecule has 0 saturated heterocycles. The minimum atomic E-state index is -5.02. The number of carbonyl (C=O) groups is 1. The van der Waals surface area contributed by atoms with Crippen molar-refractivity contribution in [1.29, 1.82) is 0 Å². The van der Waals surface area contributed by atoms with Crippen LogP contribution >= 0.6 is 11.6 Å². The van der Waals surface area contributed by atoms with E-state index in [0.717, 1.165) is 0 Å². The molecule has 1 aliphatic heterocycles. The maximum atomic E-state index is 13.3. The fraction of sp³-hybridized carbons (Fsp3) is 0.467. The van der Waals surface area contributed by atoms with Crippen LogP contribution < -0.4 is 0 Å². The lowest BCUT2D eigenvalue weighted by atomic mass is 10.0. The zero-order chi connectivity index (χ0) is 17.4. The molecule has 1 atom stereocenters. The number of hydrazone groups is 1. The number of amides is 1. The average Bonchev–Trinajstić information content (AvgIpc) is 2.79. The molecule has 0 aliphatic carbocycles. The normalized spacial score (nSPS) is 21.5. The predicted octanol–water partition coefficient (Wildman–Crippen LogP) is 3.90. The van der Waals surface area contributed by atoms with E-state index >= 15 is 0 Å². The van der Waals surface area contributed by atoms with Gasteiger partial charge >= 0.3 is 6.18 Å². The van der Waals surface area contributed by atoms with E-state index in [1.54, 1.807) is 13.8 Å². The minimum Gasteiger partial charge on any atom is -0.362 e. The molecule has 0 bridgehead atoms. The molecule has 0 unspecified atom stereocenters. The van der Waals surface area contributed by atoms with Crippen LogP contribution in [0.1, 0.15) is 42.1 Å². The Morgan fingerprint density at radius 3 is 2.65 bits per heavy atom. The van der Waals surface area contributed by atoms with Crippen molar-refractivity contribution in [3.8, 4) is 0 Å². The summed E-state index contributed by atoms with van der Waals surface area (Å²) in [6.45, 7) is 3.48. The fourth-order valence-electron chi connectivity index (χ4n) is 2.33.